The van der Waals surface area contributed by atoms with Crippen molar-refractivity contribution in [3.8, 4) is 0 Å². The van der Waals surface area contributed by atoms with Crippen LogP contribution in [0.15, 0.2) is 18.3 Å². The fourth-order valence-corrected chi connectivity index (χ4v) is 3.91. The Kier molecular flexibility index (Phi) is 6.57. The summed E-state index contributed by atoms with van der Waals surface area (Å²) in [6.07, 6.45) is 7.33. The number of nitrogens with zero attached hydrogens (tertiary/aromatic N) is 3. The van der Waals surface area contributed by atoms with Crippen molar-refractivity contribution in [1.82, 2.24) is 20.1 Å². The minimum atomic E-state index is -0.970. The van der Waals surface area contributed by atoms with Gasteiger partial charge >= 0.3 is 5.97 Å². The van der Waals surface area contributed by atoms with Crippen molar-refractivity contribution >= 4 is 11.9 Å². The van der Waals surface area contributed by atoms with Gasteiger partial charge in [-0.1, -0.05) is 0 Å². The van der Waals surface area contributed by atoms with E-state index in [9.17, 15) is 9.59 Å². The van der Waals surface area contributed by atoms with Gasteiger partial charge in [0.25, 0.3) is 0 Å². The van der Waals surface area contributed by atoms with Crippen molar-refractivity contribution in [1.29, 1.82) is 0 Å². The van der Waals surface area contributed by atoms with Crippen LogP contribution >= 0.6 is 0 Å². The molecule has 0 radical (unpaired) electrons. The summed E-state index contributed by atoms with van der Waals surface area (Å²) in [5.74, 6) is -0.842. The molecule has 7 heteroatoms. The summed E-state index contributed by atoms with van der Waals surface area (Å²) < 4.78 is 0. The first-order chi connectivity index (χ1) is 12.6. The number of hydrogen-bond donors (Lipinski definition) is 2. The van der Waals surface area contributed by atoms with E-state index in [1.165, 1.54) is 44.3 Å². The average Bonchev–Trinajstić information content (AvgIpc) is 3.31. The van der Waals surface area contributed by atoms with Crippen molar-refractivity contribution < 1.29 is 14.7 Å². The van der Waals surface area contributed by atoms with Crippen LogP contribution in [0.4, 0.5) is 0 Å². The molecular weight excluding hydrogens is 332 g/mol. The first-order valence-corrected chi connectivity index (χ1v) is 9.54. The minimum Gasteiger partial charge on any atom is -0.478 e. The van der Waals surface area contributed by atoms with Crippen molar-refractivity contribution in [2.45, 2.75) is 44.7 Å². The highest BCUT2D eigenvalue weighted by atomic mass is 16.4. The maximum absolute atomic E-state index is 12.6. The predicted octanol–water partition coefficient (Wildman–Crippen LogP) is 1.35. The lowest BCUT2D eigenvalue weighted by Crippen LogP contribution is -2.42. The molecule has 2 saturated heterocycles. The quantitative estimate of drug-likeness (QED) is 0.728. The maximum Gasteiger partial charge on any atom is 0.335 e. The molecular formula is C19H28N4O3. The number of hydrogen-bond acceptors (Lipinski definition) is 5. The molecule has 26 heavy (non-hydrogen) atoms. The predicted molar refractivity (Wildman–Crippen MR) is 97.9 cm³/mol. The Morgan fingerprint density at radius 3 is 2.81 bits per heavy atom. The Balaban J connectivity index is 1.43. The van der Waals surface area contributed by atoms with Gasteiger partial charge in [-0.25, -0.2) is 4.79 Å². The molecule has 0 saturated carbocycles. The van der Waals surface area contributed by atoms with Crippen LogP contribution in [0.25, 0.3) is 0 Å². The number of carbonyl (C=O) groups excluding carboxylic acids is 1. The van der Waals surface area contributed by atoms with Crippen molar-refractivity contribution in [2.24, 2.45) is 0 Å². The second kappa shape index (κ2) is 9.09. The van der Waals surface area contributed by atoms with Gasteiger partial charge in [-0.2, -0.15) is 0 Å². The molecule has 2 aliphatic rings. The van der Waals surface area contributed by atoms with E-state index in [1.54, 1.807) is 0 Å². The Morgan fingerprint density at radius 2 is 2.04 bits per heavy atom. The molecule has 1 atom stereocenters. The Morgan fingerprint density at radius 1 is 1.23 bits per heavy atom. The molecule has 1 aromatic rings. The van der Waals surface area contributed by atoms with E-state index in [4.69, 9.17) is 5.11 Å². The fourth-order valence-electron chi connectivity index (χ4n) is 3.91. The smallest absolute Gasteiger partial charge is 0.335 e. The molecule has 0 spiro atoms. The monoisotopic (exact) mass is 360 g/mol. The SMILES string of the molecule is O=C(O)c1ccnc(CNCC(=O)N2CCCC2CCN2CCCC2)c1. The highest BCUT2D eigenvalue weighted by Crippen LogP contribution is 2.21. The summed E-state index contributed by atoms with van der Waals surface area (Å²) in [6, 6.07) is 3.36. The lowest BCUT2D eigenvalue weighted by Gasteiger charge is -2.26. The van der Waals surface area contributed by atoms with E-state index < -0.39 is 5.97 Å². The number of aromatic nitrogens is 1. The van der Waals surface area contributed by atoms with E-state index in [-0.39, 0.29) is 18.0 Å². The Bertz CT molecular complexity index is 631. The first-order valence-electron chi connectivity index (χ1n) is 9.54. The zero-order valence-electron chi connectivity index (χ0n) is 15.2. The molecule has 2 fully saturated rings. The topological polar surface area (TPSA) is 85.8 Å². The van der Waals surface area contributed by atoms with Crippen LogP contribution in [-0.2, 0) is 11.3 Å². The van der Waals surface area contributed by atoms with Gasteiger partial charge in [0, 0.05) is 31.9 Å². The molecule has 142 valence electrons. The lowest BCUT2D eigenvalue weighted by atomic mass is 10.1. The largest absolute Gasteiger partial charge is 0.478 e. The molecule has 3 rings (SSSR count). The summed E-state index contributed by atoms with van der Waals surface area (Å²) in [7, 11) is 0. The van der Waals surface area contributed by atoms with Gasteiger partial charge < -0.3 is 20.2 Å². The van der Waals surface area contributed by atoms with Crippen LogP contribution in [0.2, 0.25) is 0 Å². The van der Waals surface area contributed by atoms with Gasteiger partial charge in [-0.3, -0.25) is 9.78 Å². The van der Waals surface area contributed by atoms with Crippen LogP contribution < -0.4 is 5.32 Å². The highest BCUT2D eigenvalue weighted by Gasteiger charge is 2.28. The van der Waals surface area contributed by atoms with Crippen molar-refractivity contribution in [3.63, 3.8) is 0 Å². The normalized spacial score (nSPS) is 20.6. The van der Waals surface area contributed by atoms with Gasteiger partial charge in [-0.05, 0) is 57.3 Å². The molecule has 0 bridgehead atoms. The highest BCUT2D eigenvalue weighted by molar-refractivity contribution is 5.87. The van der Waals surface area contributed by atoms with E-state index in [0.717, 1.165) is 32.4 Å². The third-order valence-corrected chi connectivity index (χ3v) is 5.32. The lowest BCUT2D eigenvalue weighted by molar-refractivity contribution is -0.131. The summed E-state index contributed by atoms with van der Waals surface area (Å²) in [5, 5.41) is 12.1. The number of nitrogens with one attached hydrogen (secondary N) is 1. The Labute approximate surface area is 154 Å². The molecule has 1 amide bonds. The summed E-state index contributed by atoms with van der Waals surface area (Å²) in [4.78, 5) is 32.2. The maximum atomic E-state index is 12.6. The molecule has 0 aromatic carbocycles. The molecule has 1 unspecified atom stereocenters. The summed E-state index contributed by atoms with van der Waals surface area (Å²) in [5.41, 5.74) is 0.842. The zero-order chi connectivity index (χ0) is 18.4. The number of amides is 1. The molecule has 7 nitrogen and oxygen atoms in total. The number of likely N-dealkylation sites (tertiary alicyclic amines) is 2. The van der Waals surface area contributed by atoms with Crippen LogP contribution in [0, 0.1) is 0 Å². The average molecular weight is 360 g/mol. The van der Waals surface area contributed by atoms with Gasteiger partial charge in [-0.15, -0.1) is 0 Å². The molecule has 1 aromatic heterocycles. The van der Waals surface area contributed by atoms with Crippen molar-refractivity contribution in [3.05, 3.63) is 29.6 Å². The van der Waals surface area contributed by atoms with Gasteiger partial charge in [0.2, 0.25) is 5.91 Å². The number of carboxylic acids is 1. The second-order valence-corrected chi connectivity index (χ2v) is 7.17. The second-order valence-electron chi connectivity index (χ2n) is 7.17. The number of carbonyl (C=O) groups is 2. The van der Waals surface area contributed by atoms with E-state index in [2.05, 4.69) is 15.2 Å². The third-order valence-electron chi connectivity index (χ3n) is 5.32. The zero-order valence-corrected chi connectivity index (χ0v) is 15.2. The molecule has 2 N–H and O–H groups in total. The van der Waals surface area contributed by atoms with Gasteiger partial charge in [0.1, 0.15) is 0 Å². The van der Waals surface area contributed by atoms with E-state index >= 15 is 0 Å². The third kappa shape index (κ3) is 5.02. The number of rotatable bonds is 8. The standard InChI is InChI=1S/C19H28N4O3/c24-18(14-20-13-16-12-15(19(25)26)5-7-21-16)23-10-3-4-17(23)6-11-22-8-1-2-9-22/h5,7,12,17,20H,1-4,6,8-11,13-14H2,(H,25,26). The van der Waals surface area contributed by atoms with Crippen molar-refractivity contribution in [2.75, 3.05) is 32.7 Å². The van der Waals surface area contributed by atoms with Crippen LogP contribution in [-0.4, -0.2) is 70.5 Å². The van der Waals surface area contributed by atoms with Crippen LogP contribution in [0.5, 0.6) is 0 Å². The number of aromatic carboxylic acids is 1. The number of pyridine rings is 1. The Hall–Kier alpha value is -1.99. The van der Waals surface area contributed by atoms with Gasteiger partial charge in [0.15, 0.2) is 0 Å². The van der Waals surface area contributed by atoms with Gasteiger partial charge in [0.05, 0.1) is 17.8 Å². The fraction of sp³-hybridized carbons (Fsp3) is 0.632. The summed E-state index contributed by atoms with van der Waals surface area (Å²) >= 11 is 0. The van der Waals surface area contributed by atoms with Crippen LogP contribution in [0.1, 0.15) is 48.2 Å². The minimum absolute atomic E-state index is 0.128. The van der Waals surface area contributed by atoms with E-state index in [1.807, 2.05) is 4.90 Å². The van der Waals surface area contributed by atoms with Crippen LogP contribution in [0.3, 0.4) is 0 Å². The van der Waals surface area contributed by atoms with E-state index in [0.29, 0.717) is 18.3 Å². The number of carboxylic acid groups (broad SMARTS) is 1. The first kappa shape index (κ1) is 18.8. The summed E-state index contributed by atoms with van der Waals surface area (Å²) in [6.45, 7) is 4.99. The molecule has 2 aliphatic heterocycles. The molecule has 3 heterocycles. The molecule has 0 aliphatic carbocycles.